The van der Waals surface area contributed by atoms with Gasteiger partial charge in [0, 0.05) is 12.5 Å². The molecule has 0 aromatic carbocycles. The smallest absolute Gasteiger partial charge is 0.269 e. The lowest BCUT2D eigenvalue weighted by Gasteiger charge is -2.18. The molecule has 0 unspecified atom stereocenters. The van der Waals surface area contributed by atoms with Crippen LogP contribution in [0.4, 0.5) is 5.69 Å². The molecule has 6 heteroatoms. The van der Waals surface area contributed by atoms with Gasteiger partial charge in [-0.15, -0.1) is 0 Å². The number of nitrogens with zero attached hydrogens (tertiary/aromatic N) is 3. The van der Waals surface area contributed by atoms with Crippen LogP contribution in [0.3, 0.4) is 0 Å². The van der Waals surface area contributed by atoms with Gasteiger partial charge in [-0.1, -0.05) is 40.0 Å². The van der Waals surface area contributed by atoms with Crippen molar-refractivity contribution in [3.05, 3.63) is 11.4 Å². The standard InChI is InChI=1S/C10H16N4O.C7H15N/c1-10(2,3)8-6(12-4)7(9(11)15)14(5)13-8;8-6-7-4-2-1-3-5-7/h4H2,1-3,5H3,(H2,11,15);7H,1-6,8H2. The third-order valence-electron chi connectivity index (χ3n) is 4.18. The van der Waals surface area contributed by atoms with Gasteiger partial charge in [0.1, 0.15) is 5.69 Å². The maximum Gasteiger partial charge on any atom is 0.269 e. The fourth-order valence-corrected chi connectivity index (χ4v) is 2.87. The highest BCUT2D eigenvalue weighted by Gasteiger charge is 2.27. The molecule has 1 saturated carbocycles. The highest BCUT2D eigenvalue weighted by molar-refractivity contribution is 5.97. The zero-order valence-electron chi connectivity index (χ0n) is 14.9. The van der Waals surface area contributed by atoms with Crippen molar-refractivity contribution in [2.24, 2.45) is 29.4 Å². The van der Waals surface area contributed by atoms with E-state index in [1.165, 1.54) is 36.8 Å². The summed E-state index contributed by atoms with van der Waals surface area (Å²) in [5.74, 6) is 0.326. The van der Waals surface area contributed by atoms with E-state index in [1.54, 1.807) is 7.05 Å². The highest BCUT2D eigenvalue weighted by Crippen LogP contribution is 2.32. The van der Waals surface area contributed by atoms with Crippen LogP contribution in [-0.2, 0) is 12.5 Å². The van der Waals surface area contributed by atoms with Crippen LogP contribution in [0.15, 0.2) is 4.99 Å². The van der Waals surface area contributed by atoms with E-state index in [0.29, 0.717) is 11.4 Å². The van der Waals surface area contributed by atoms with E-state index in [4.69, 9.17) is 11.5 Å². The van der Waals surface area contributed by atoms with Gasteiger partial charge in [-0.3, -0.25) is 14.5 Å². The van der Waals surface area contributed by atoms with Crippen LogP contribution in [0.2, 0.25) is 0 Å². The van der Waals surface area contributed by atoms with Crippen molar-refractivity contribution < 1.29 is 4.79 Å². The number of carbonyl (C=O) groups is 1. The van der Waals surface area contributed by atoms with E-state index in [1.807, 2.05) is 20.8 Å². The number of hydrogen-bond acceptors (Lipinski definition) is 4. The number of amides is 1. The average Bonchev–Trinajstić information content (AvgIpc) is 2.85. The molecule has 1 fully saturated rings. The Labute approximate surface area is 139 Å². The Kier molecular flexibility index (Phi) is 6.94. The lowest BCUT2D eigenvalue weighted by atomic mass is 9.90. The Morgan fingerprint density at radius 1 is 1.35 bits per heavy atom. The highest BCUT2D eigenvalue weighted by atomic mass is 16.1. The van der Waals surface area contributed by atoms with Gasteiger partial charge < -0.3 is 11.5 Å². The minimum Gasteiger partial charge on any atom is -0.364 e. The van der Waals surface area contributed by atoms with Gasteiger partial charge in [-0.05, 0) is 32.0 Å². The first kappa shape index (κ1) is 19.4. The largest absolute Gasteiger partial charge is 0.364 e. The summed E-state index contributed by atoms with van der Waals surface area (Å²) in [6.07, 6.45) is 7.05. The summed E-state index contributed by atoms with van der Waals surface area (Å²) in [5, 5.41) is 4.26. The van der Waals surface area contributed by atoms with Crippen LogP contribution in [0.1, 0.15) is 69.1 Å². The second-order valence-corrected chi connectivity index (χ2v) is 7.18. The topological polar surface area (TPSA) is 99.3 Å². The van der Waals surface area contributed by atoms with Gasteiger partial charge in [0.2, 0.25) is 0 Å². The van der Waals surface area contributed by atoms with Crippen molar-refractivity contribution in [1.82, 2.24) is 9.78 Å². The minimum absolute atomic E-state index is 0.192. The maximum absolute atomic E-state index is 11.2. The summed E-state index contributed by atoms with van der Waals surface area (Å²) in [6.45, 7) is 10.4. The Balaban J connectivity index is 0.000000277. The number of aryl methyl sites for hydroxylation is 1. The lowest BCUT2D eigenvalue weighted by molar-refractivity contribution is 0.0992. The maximum atomic E-state index is 11.2. The Morgan fingerprint density at radius 2 is 1.91 bits per heavy atom. The first-order chi connectivity index (χ1) is 10.7. The molecule has 1 amide bonds. The predicted octanol–water partition coefficient (Wildman–Crippen LogP) is 2.67. The molecule has 1 aliphatic carbocycles. The van der Waals surface area contributed by atoms with Gasteiger partial charge in [0.25, 0.3) is 5.91 Å². The van der Waals surface area contributed by atoms with Gasteiger partial charge >= 0.3 is 0 Å². The molecule has 1 heterocycles. The molecule has 2 rings (SSSR count). The molecule has 23 heavy (non-hydrogen) atoms. The van der Waals surface area contributed by atoms with Crippen molar-refractivity contribution in [2.75, 3.05) is 6.54 Å². The van der Waals surface area contributed by atoms with Crippen LogP contribution in [0.25, 0.3) is 0 Å². The molecule has 4 N–H and O–H groups in total. The molecule has 1 aromatic rings. The molecule has 6 nitrogen and oxygen atoms in total. The van der Waals surface area contributed by atoms with E-state index in [2.05, 4.69) is 16.8 Å². The van der Waals surface area contributed by atoms with Crippen molar-refractivity contribution in [2.45, 2.75) is 58.3 Å². The predicted molar refractivity (Wildman–Crippen MR) is 95.3 cm³/mol. The van der Waals surface area contributed by atoms with Crippen LogP contribution >= 0.6 is 0 Å². The number of rotatable bonds is 3. The van der Waals surface area contributed by atoms with E-state index in [9.17, 15) is 4.79 Å². The number of aromatic nitrogens is 2. The van der Waals surface area contributed by atoms with Gasteiger partial charge in [0.05, 0.1) is 5.69 Å². The summed E-state index contributed by atoms with van der Waals surface area (Å²) in [4.78, 5) is 15.1. The second kappa shape index (κ2) is 8.24. The van der Waals surface area contributed by atoms with Gasteiger partial charge in [-0.25, -0.2) is 0 Å². The van der Waals surface area contributed by atoms with E-state index < -0.39 is 5.91 Å². The number of carbonyl (C=O) groups excluding carboxylic acids is 1. The summed E-state index contributed by atoms with van der Waals surface area (Å²) in [7, 11) is 1.67. The third-order valence-corrected chi connectivity index (χ3v) is 4.18. The fourth-order valence-electron chi connectivity index (χ4n) is 2.87. The minimum atomic E-state index is -0.539. The number of aliphatic imine (C=N–C) groups is 1. The summed E-state index contributed by atoms with van der Waals surface area (Å²) < 4.78 is 1.45. The molecular weight excluding hydrogens is 290 g/mol. The van der Waals surface area contributed by atoms with Crippen LogP contribution in [0.5, 0.6) is 0 Å². The molecule has 0 radical (unpaired) electrons. The molecular formula is C17H31N5O. The number of primary amides is 1. The Morgan fingerprint density at radius 3 is 2.26 bits per heavy atom. The van der Waals surface area contributed by atoms with Crippen LogP contribution < -0.4 is 11.5 Å². The van der Waals surface area contributed by atoms with Crippen molar-refractivity contribution in [3.63, 3.8) is 0 Å². The molecule has 0 bridgehead atoms. The zero-order valence-corrected chi connectivity index (χ0v) is 14.9. The molecule has 0 saturated heterocycles. The zero-order chi connectivity index (χ0) is 17.6. The van der Waals surface area contributed by atoms with Crippen molar-refractivity contribution in [3.8, 4) is 0 Å². The van der Waals surface area contributed by atoms with Crippen molar-refractivity contribution in [1.29, 1.82) is 0 Å². The normalized spacial score (nSPS) is 15.7. The fraction of sp³-hybridized carbons (Fsp3) is 0.706. The lowest BCUT2D eigenvalue weighted by Crippen LogP contribution is -2.16. The molecule has 0 atom stereocenters. The number of nitrogens with two attached hydrogens (primary N) is 2. The average molecular weight is 321 g/mol. The number of hydrogen-bond donors (Lipinski definition) is 2. The van der Waals surface area contributed by atoms with E-state index >= 15 is 0 Å². The molecule has 130 valence electrons. The molecule has 1 aliphatic rings. The molecule has 1 aromatic heterocycles. The summed E-state index contributed by atoms with van der Waals surface area (Å²) in [6, 6.07) is 0. The molecule has 0 aliphatic heterocycles. The Hall–Kier alpha value is -1.69. The van der Waals surface area contributed by atoms with E-state index in [-0.39, 0.29) is 5.41 Å². The quantitative estimate of drug-likeness (QED) is 0.837. The van der Waals surface area contributed by atoms with Crippen LogP contribution in [0, 0.1) is 5.92 Å². The third kappa shape index (κ3) is 5.16. The van der Waals surface area contributed by atoms with Crippen molar-refractivity contribution >= 4 is 18.3 Å². The van der Waals surface area contributed by atoms with Gasteiger partial charge in [0.15, 0.2) is 5.69 Å². The SMILES string of the molecule is C=Nc1c(C(C)(C)C)nn(C)c1C(N)=O.NCC1CCCCC1. The van der Waals surface area contributed by atoms with Crippen LogP contribution in [-0.4, -0.2) is 28.9 Å². The Bertz CT molecular complexity index is 536. The van der Waals surface area contributed by atoms with Gasteiger partial charge in [-0.2, -0.15) is 5.10 Å². The first-order valence-electron chi connectivity index (χ1n) is 8.26. The summed E-state index contributed by atoms with van der Waals surface area (Å²) in [5.41, 5.74) is 12.1. The first-order valence-corrected chi connectivity index (χ1v) is 8.26. The monoisotopic (exact) mass is 321 g/mol. The second-order valence-electron chi connectivity index (χ2n) is 7.18. The van der Waals surface area contributed by atoms with E-state index in [0.717, 1.165) is 18.2 Å². The summed E-state index contributed by atoms with van der Waals surface area (Å²) >= 11 is 0. The molecule has 0 spiro atoms.